The van der Waals surface area contributed by atoms with Gasteiger partial charge in [-0.1, -0.05) is 30.3 Å². The lowest BCUT2D eigenvalue weighted by atomic mass is 10.1. The molecule has 0 radical (unpaired) electrons. The Morgan fingerprint density at radius 3 is 2.48 bits per heavy atom. The van der Waals surface area contributed by atoms with Crippen molar-refractivity contribution in [3.05, 3.63) is 35.9 Å². The number of ether oxygens (including phenoxy) is 1. The van der Waals surface area contributed by atoms with Gasteiger partial charge in [-0.2, -0.15) is 0 Å². The first-order valence-electron chi connectivity index (χ1n) is 8.25. The molecule has 2 rings (SSSR count). The molecule has 1 unspecified atom stereocenters. The van der Waals surface area contributed by atoms with Crippen LogP contribution in [-0.4, -0.2) is 49.1 Å². The van der Waals surface area contributed by atoms with Crippen molar-refractivity contribution in [2.75, 3.05) is 20.2 Å². The van der Waals surface area contributed by atoms with Crippen LogP contribution in [-0.2, 0) is 20.7 Å². The van der Waals surface area contributed by atoms with Crippen molar-refractivity contribution < 1.29 is 14.3 Å². The van der Waals surface area contributed by atoms with Gasteiger partial charge in [-0.15, -0.1) is 0 Å². The Morgan fingerprint density at radius 1 is 1.22 bits per heavy atom. The number of carbonyl (C=O) groups is 2. The van der Waals surface area contributed by atoms with E-state index < -0.39 is 12.0 Å². The molecule has 1 N–H and O–H groups in total. The fourth-order valence-electron chi connectivity index (χ4n) is 3.02. The summed E-state index contributed by atoms with van der Waals surface area (Å²) in [5.41, 5.74) is 0.996. The van der Waals surface area contributed by atoms with E-state index in [1.165, 1.54) is 20.0 Å². The molecular weight excluding hydrogens is 292 g/mol. The minimum absolute atomic E-state index is 0.101. The highest BCUT2D eigenvalue weighted by Crippen LogP contribution is 2.14. The number of hydrogen-bond donors (Lipinski definition) is 1. The van der Waals surface area contributed by atoms with Crippen LogP contribution in [0.1, 0.15) is 31.7 Å². The molecule has 1 aliphatic rings. The molecule has 1 heterocycles. The molecule has 1 aromatic carbocycles. The van der Waals surface area contributed by atoms with Gasteiger partial charge < -0.3 is 15.0 Å². The van der Waals surface area contributed by atoms with Crippen molar-refractivity contribution in [1.82, 2.24) is 10.2 Å². The zero-order valence-electron chi connectivity index (χ0n) is 14.0. The van der Waals surface area contributed by atoms with Crippen LogP contribution in [0.25, 0.3) is 0 Å². The fraction of sp³-hybridized carbons (Fsp3) is 0.556. The third kappa shape index (κ3) is 5.36. The van der Waals surface area contributed by atoms with Crippen LogP contribution in [0, 0.1) is 0 Å². The summed E-state index contributed by atoms with van der Waals surface area (Å²) in [6.07, 6.45) is 3.25. The predicted molar refractivity (Wildman–Crippen MR) is 89.0 cm³/mol. The Kier molecular flexibility index (Phi) is 6.59. The minimum atomic E-state index is -0.638. The fourth-order valence-corrected chi connectivity index (χ4v) is 3.02. The Hall–Kier alpha value is -1.88. The van der Waals surface area contributed by atoms with E-state index in [2.05, 4.69) is 17.1 Å². The molecule has 1 aliphatic heterocycles. The van der Waals surface area contributed by atoms with Crippen molar-refractivity contribution in [1.29, 1.82) is 0 Å². The lowest BCUT2D eigenvalue weighted by Gasteiger charge is -2.24. The van der Waals surface area contributed by atoms with E-state index in [1.54, 1.807) is 0 Å². The smallest absolute Gasteiger partial charge is 0.328 e. The van der Waals surface area contributed by atoms with Crippen LogP contribution in [0.5, 0.6) is 0 Å². The van der Waals surface area contributed by atoms with E-state index in [0.717, 1.165) is 18.7 Å². The van der Waals surface area contributed by atoms with Crippen LogP contribution >= 0.6 is 0 Å². The van der Waals surface area contributed by atoms with Crippen molar-refractivity contribution in [2.24, 2.45) is 0 Å². The number of hydrogen-bond acceptors (Lipinski definition) is 4. The van der Waals surface area contributed by atoms with Crippen LogP contribution in [0.4, 0.5) is 0 Å². The number of likely N-dealkylation sites (tertiary alicyclic amines) is 1. The summed E-state index contributed by atoms with van der Waals surface area (Å²) >= 11 is 0. The summed E-state index contributed by atoms with van der Waals surface area (Å²) < 4.78 is 4.83. The van der Waals surface area contributed by atoms with E-state index in [-0.39, 0.29) is 11.9 Å². The maximum absolute atomic E-state index is 12.3. The molecular formula is C18H26N2O3. The zero-order chi connectivity index (χ0) is 16.7. The second kappa shape index (κ2) is 8.67. The number of amides is 1. The van der Waals surface area contributed by atoms with Crippen LogP contribution in [0.2, 0.25) is 0 Å². The lowest BCUT2D eigenvalue weighted by molar-refractivity contribution is -0.145. The summed E-state index contributed by atoms with van der Waals surface area (Å²) in [5, 5.41) is 2.83. The average Bonchev–Trinajstić information content (AvgIpc) is 3.09. The molecule has 0 aliphatic carbocycles. The molecule has 0 spiro atoms. The summed E-state index contributed by atoms with van der Waals surface area (Å²) in [7, 11) is 1.35. The van der Waals surface area contributed by atoms with Crippen LogP contribution in [0.15, 0.2) is 30.3 Å². The second-order valence-corrected chi connectivity index (χ2v) is 6.13. The van der Waals surface area contributed by atoms with Gasteiger partial charge in [0.05, 0.1) is 7.11 Å². The Morgan fingerprint density at radius 2 is 1.87 bits per heavy atom. The summed E-state index contributed by atoms with van der Waals surface area (Å²) in [5.74, 6) is -0.508. The number of esters is 1. The zero-order valence-corrected chi connectivity index (χ0v) is 14.0. The molecule has 5 heteroatoms. The first kappa shape index (κ1) is 17.5. The van der Waals surface area contributed by atoms with E-state index in [9.17, 15) is 9.59 Å². The van der Waals surface area contributed by atoms with Gasteiger partial charge in [-0.25, -0.2) is 4.79 Å². The number of rotatable bonds is 7. The van der Waals surface area contributed by atoms with Gasteiger partial charge in [0.15, 0.2) is 0 Å². The molecule has 23 heavy (non-hydrogen) atoms. The molecule has 126 valence electrons. The van der Waals surface area contributed by atoms with Crippen LogP contribution < -0.4 is 5.32 Å². The first-order valence-corrected chi connectivity index (χ1v) is 8.25. The van der Waals surface area contributed by atoms with Crippen LogP contribution in [0.3, 0.4) is 0 Å². The van der Waals surface area contributed by atoms with Gasteiger partial charge in [-0.05, 0) is 38.4 Å². The third-order valence-corrected chi connectivity index (χ3v) is 4.35. The number of benzene rings is 1. The molecule has 1 aromatic rings. The van der Waals surface area contributed by atoms with Gasteiger partial charge in [0.1, 0.15) is 6.04 Å². The summed E-state index contributed by atoms with van der Waals surface area (Å²) in [6.45, 7) is 4.17. The normalized spacial score (nSPS) is 17.5. The maximum atomic E-state index is 12.3. The molecule has 1 amide bonds. The molecule has 0 aromatic heterocycles. The highest BCUT2D eigenvalue weighted by Gasteiger charge is 2.25. The Bertz CT molecular complexity index is 512. The summed E-state index contributed by atoms with van der Waals surface area (Å²) in [4.78, 5) is 26.6. The Balaban J connectivity index is 1.91. The first-order chi connectivity index (χ1) is 11.1. The van der Waals surface area contributed by atoms with Gasteiger partial charge in [0.25, 0.3) is 0 Å². The SMILES string of the molecule is COC(=O)C(Cc1ccccc1)NC(=O)C[C@@H](C)N1CCCC1. The molecule has 2 atom stereocenters. The van der Waals surface area contributed by atoms with E-state index in [0.29, 0.717) is 12.8 Å². The summed E-state index contributed by atoms with van der Waals surface area (Å²) in [6, 6.07) is 9.20. The standard InChI is InChI=1S/C18H26N2O3/c1-14(20-10-6-7-11-20)12-17(21)19-16(18(22)23-2)13-15-8-4-3-5-9-15/h3-5,8-9,14,16H,6-7,10-13H2,1-2H3,(H,19,21)/t14-,16?/m1/s1. The Labute approximate surface area is 138 Å². The topological polar surface area (TPSA) is 58.6 Å². The molecule has 0 saturated carbocycles. The van der Waals surface area contributed by atoms with Gasteiger partial charge in [-0.3, -0.25) is 4.79 Å². The lowest BCUT2D eigenvalue weighted by Crippen LogP contribution is -2.45. The highest BCUT2D eigenvalue weighted by atomic mass is 16.5. The van der Waals surface area contributed by atoms with Crippen molar-refractivity contribution in [2.45, 2.75) is 44.7 Å². The van der Waals surface area contributed by atoms with Crippen molar-refractivity contribution in [3.63, 3.8) is 0 Å². The van der Waals surface area contributed by atoms with Crippen molar-refractivity contribution >= 4 is 11.9 Å². The minimum Gasteiger partial charge on any atom is -0.467 e. The predicted octanol–water partition coefficient (Wildman–Crippen LogP) is 1.76. The maximum Gasteiger partial charge on any atom is 0.328 e. The molecule has 0 bridgehead atoms. The average molecular weight is 318 g/mol. The number of methoxy groups -OCH3 is 1. The largest absolute Gasteiger partial charge is 0.467 e. The quantitative estimate of drug-likeness (QED) is 0.778. The van der Waals surface area contributed by atoms with Gasteiger partial charge in [0, 0.05) is 18.9 Å². The van der Waals surface area contributed by atoms with E-state index in [1.807, 2.05) is 30.3 Å². The number of nitrogens with zero attached hydrogens (tertiary/aromatic N) is 1. The number of carbonyl (C=O) groups excluding carboxylic acids is 2. The molecule has 5 nitrogen and oxygen atoms in total. The monoisotopic (exact) mass is 318 g/mol. The second-order valence-electron chi connectivity index (χ2n) is 6.13. The molecule has 1 fully saturated rings. The molecule has 1 saturated heterocycles. The van der Waals surface area contributed by atoms with E-state index in [4.69, 9.17) is 4.74 Å². The highest BCUT2D eigenvalue weighted by molar-refractivity contribution is 5.84. The van der Waals surface area contributed by atoms with E-state index >= 15 is 0 Å². The van der Waals surface area contributed by atoms with Gasteiger partial charge in [0.2, 0.25) is 5.91 Å². The third-order valence-electron chi connectivity index (χ3n) is 4.35. The van der Waals surface area contributed by atoms with Gasteiger partial charge >= 0.3 is 5.97 Å². The number of nitrogens with one attached hydrogen (secondary N) is 1. The van der Waals surface area contributed by atoms with Crippen molar-refractivity contribution in [3.8, 4) is 0 Å².